The van der Waals surface area contributed by atoms with Gasteiger partial charge in [-0.05, 0) is 60.7 Å². The van der Waals surface area contributed by atoms with Crippen LogP contribution >= 0.6 is 0 Å². The maximum Gasteiger partial charge on any atom is 0.142 e. The molecule has 0 saturated carbocycles. The normalized spacial score (nSPS) is 16.7. The Morgan fingerprint density at radius 3 is 2.47 bits per heavy atom. The number of rotatable bonds is 4. The van der Waals surface area contributed by atoms with Crippen molar-refractivity contribution >= 4 is 10.8 Å². The van der Waals surface area contributed by atoms with Gasteiger partial charge in [-0.3, -0.25) is 4.57 Å². The van der Waals surface area contributed by atoms with Crippen LogP contribution in [-0.2, 0) is 4.74 Å². The molecule has 4 aromatic rings. The molecule has 0 amide bonds. The Kier molecular flexibility index (Phi) is 5.01. The molecule has 0 N–H and O–H groups in total. The van der Waals surface area contributed by atoms with Gasteiger partial charge in [0, 0.05) is 12.2 Å². The number of ether oxygens (including phenoxy) is 2. The number of imidazole rings is 1. The third kappa shape index (κ3) is 3.48. The quantitative estimate of drug-likeness (QED) is 0.400. The zero-order valence-corrected chi connectivity index (χ0v) is 17.5. The van der Waals surface area contributed by atoms with E-state index in [0.29, 0.717) is 0 Å². The highest BCUT2D eigenvalue weighted by Crippen LogP contribution is 2.35. The maximum absolute atomic E-state index is 6.19. The molecule has 30 heavy (non-hydrogen) atoms. The molecule has 1 fully saturated rings. The number of hydrogen-bond acceptors (Lipinski definition) is 3. The Hall–Kier alpha value is -3.11. The minimum Gasteiger partial charge on any atom is -0.497 e. The van der Waals surface area contributed by atoms with Crippen molar-refractivity contribution in [2.75, 3.05) is 13.7 Å². The van der Waals surface area contributed by atoms with Gasteiger partial charge in [-0.15, -0.1) is 0 Å². The molecule has 0 radical (unpaired) electrons. The predicted molar refractivity (Wildman–Crippen MR) is 121 cm³/mol. The monoisotopic (exact) mass is 398 g/mol. The summed E-state index contributed by atoms with van der Waals surface area (Å²) in [5.74, 6) is 1.82. The fourth-order valence-electron chi connectivity index (χ4n) is 4.22. The second kappa shape index (κ2) is 7.96. The van der Waals surface area contributed by atoms with Gasteiger partial charge in [0.25, 0.3) is 0 Å². The van der Waals surface area contributed by atoms with E-state index in [1.165, 1.54) is 22.9 Å². The number of hydrogen-bond donors (Lipinski definition) is 0. The first-order valence-corrected chi connectivity index (χ1v) is 10.6. The van der Waals surface area contributed by atoms with Gasteiger partial charge in [0.05, 0.1) is 19.0 Å². The van der Waals surface area contributed by atoms with Gasteiger partial charge in [-0.25, -0.2) is 4.98 Å². The van der Waals surface area contributed by atoms with Crippen molar-refractivity contribution in [1.82, 2.24) is 9.55 Å². The summed E-state index contributed by atoms with van der Waals surface area (Å²) < 4.78 is 13.8. The van der Waals surface area contributed by atoms with E-state index in [9.17, 15) is 0 Å². The van der Waals surface area contributed by atoms with E-state index in [0.717, 1.165) is 47.7 Å². The number of nitrogens with zero attached hydrogens (tertiary/aromatic N) is 2. The van der Waals surface area contributed by atoms with Gasteiger partial charge < -0.3 is 9.47 Å². The Balaban J connectivity index is 1.64. The van der Waals surface area contributed by atoms with Crippen LogP contribution in [0.2, 0.25) is 0 Å². The van der Waals surface area contributed by atoms with E-state index in [2.05, 4.69) is 66.1 Å². The van der Waals surface area contributed by atoms with Crippen molar-refractivity contribution in [2.24, 2.45) is 0 Å². The fourth-order valence-corrected chi connectivity index (χ4v) is 4.22. The molecule has 1 unspecified atom stereocenters. The zero-order valence-electron chi connectivity index (χ0n) is 17.5. The number of aromatic nitrogens is 2. The third-order valence-electron chi connectivity index (χ3n) is 5.89. The highest BCUT2D eigenvalue weighted by molar-refractivity contribution is 5.88. The van der Waals surface area contributed by atoms with Crippen LogP contribution in [-0.4, -0.2) is 23.3 Å². The first-order valence-electron chi connectivity index (χ1n) is 10.6. The zero-order chi connectivity index (χ0) is 20.5. The molecule has 0 spiro atoms. The number of fused-ring (bicyclic) bond motifs is 1. The van der Waals surface area contributed by atoms with E-state index >= 15 is 0 Å². The lowest BCUT2D eigenvalue weighted by molar-refractivity contribution is -0.0299. The van der Waals surface area contributed by atoms with Crippen molar-refractivity contribution in [3.05, 3.63) is 72.4 Å². The molecule has 1 atom stereocenters. The minimum absolute atomic E-state index is 0.0131. The summed E-state index contributed by atoms with van der Waals surface area (Å²) in [6, 6.07) is 21.3. The number of aryl methyl sites for hydroxylation is 1. The van der Waals surface area contributed by atoms with Crippen molar-refractivity contribution in [3.8, 4) is 28.4 Å². The lowest BCUT2D eigenvalue weighted by Crippen LogP contribution is -2.19. The Morgan fingerprint density at radius 1 is 0.933 bits per heavy atom. The topological polar surface area (TPSA) is 36.3 Å². The van der Waals surface area contributed by atoms with Crippen molar-refractivity contribution in [1.29, 1.82) is 0 Å². The predicted octanol–water partition coefficient (Wildman–Crippen LogP) is 6.39. The van der Waals surface area contributed by atoms with Crippen LogP contribution in [0.1, 0.15) is 31.1 Å². The average Bonchev–Trinajstić information content (AvgIpc) is 3.24. The molecule has 5 rings (SSSR count). The molecular weight excluding hydrogens is 372 g/mol. The summed E-state index contributed by atoms with van der Waals surface area (Å²) in [6.07, 6.45) is 5.30. The Labute approximate surface area is 177 Å². The molecule has 1 aliphatic rings. The Morgan fingerprint density at radius 2 is 1.70 bits per heavy atom. The van der Waals surface area contributed by atoms with E-state index in [-0.39, 0.29) is 6.23 Å². The standard InChI is InChI=1S/C26H26N2O2/c1-18-6-8-19(9-7-18)24-17-27-26(28(24)25-5-3-4-14-30-25)22-11-10-21-16-23(29-2)13-12-20(21)15-22/h6-13,15-17,25H,3-5,14H2,1-2H3. The summed E-state index contributed by atoms with van der Waals surface area (Å²) in [5.41, 5.74) is 4.62. The number of methoxy groups -OCH3 is 1. The first-order chi connectivity index (χ1) is 14.7. The molecule has 1 aromatic heterocycles. The van der Waals surface area contributed by atoms with Gasteiger partial charge in [-0.1, -0.05) is 48.0 Å². The summed E-state index contributed by atoms with van der Waals surface area (Å²) >= 11 is 0. The lowest BCUT2D eigenvalue weighted by atomic mass is 10.1. The molecule has 1 aliphatic heterocycles. The highest BCUT2D eigenvalue weighted by atomic mass is 16.5. The van der Waals surface area contributed by atoms with Crippen LogP contribution in [0.4, 0.5) is 0 Å². The van der Waals surface area contributed by atoms with Crippen LogP contribution in [0.3, 0.4) is 0 Å². The van der Waals surface area contributed by atoms with Crippen LogP contribution in [0.25, 0.3) is 33.4 Å². The maximum atomic E-state index is 6.19. The molecule has 4 nitrogen and oxygen atoms in total. The summed E-state index contributed by atoms with van der Waals surface area (Å²) in [7, 11) is 1.70. The van der Waals surface area contributed by atoms with Gasteiger partial charge >= 0.3 is 0 Å². The van der Waals surface area contributed by atoms with Gasteiger partial charge in [-0.2, -0.15) is 0 Å². The van der Waals surface area contributed by atoms with Crippen molar-refractivity contribution in [3.63, 3.8) is 0 Å². The number of benzene rings is 3. The highest BCUT2D eigenvalue weighted by Gasteiger charge is 2.23. The average molecular weight is 399 g/mol. The smallest absolute Gasteiger partial charge is 0.142 e. The Bertz CT molecular complexity index is 1170. The van der Waals surface area contributed by atoms with Crippen molar-refractivity contribution in [2.45, 2.75) is 32.4 Å². The van der Waals surface area contributed by atoms with Crippen molar-refractivity contribution < 1.29 is 9.47 Å². The summed E-state index contributed by atoms with van der Waals surface area (Å²) in [5, 5.41) is 2.33. The fraction of sp³-hybridized carbons (Fsp3) is 0.269. The molecule has 1 saturated heterocycles. The summed E-state index contributed by atoms with van der Waals surface area (Å²) in [4.78, 5) is 4.86. The molecule has 0 aliphatic carbocycles. The van der Waals surface area contributed by atoms with Gasteiger partial charge in [0.15, 0.2) is 0 Å². The lowest BCUT2D eigenvalue weighted by Gasteiger charge is -2.27. The van der Waals surface area contributed by atoms with E-state index in [1.54, 1.807) is 7.11 Å². The van der Waals surface area contributed by atoms with Crippen LogP contribution in [0, 0.1) is 6.92 Å². The van der Waals surface area contributed by atoms with E-state index in [1.807, 2.05) is 12.3 Å². The van der Waals surface area contributed by atoms with E-state index in [4.69, 9.17) is 14.5 Å². The molecule has 152 valence electrons. The molecule has 2 heterocycles. The molecule has 4 heteroatoms. The summed E-state index contributed by atoms with van der Waals surface area (Å²) in [6.45, 7) is 2.91. The first kappa shape index (κ1) is 18.9. The largest absolute Gasteiger partial charge is 0.497 e. The van der Waals surface area contributed by atoms with Crippen LogP contribution < -0.4 is 4.74 Å². The molecule has 0 bridgehead atoms. The van der Waals surface area contributed by atoms with Gasteiger partial charge in [0.1, 0.15) is 17.8 Å². The minimum atomic E-state index is 0.0131. The second-order valence-electron chi connectivity index (χ2n) is 7.95. The molecular formula is C26H26N2O2. The second-order valence-corrected chi connectivity index (χ2v) is 7.95. The van der Waals surface area contributed by atoms with Crippen LogP contribution in [0.15, 0.2) is 66.9 Å². The third-order valence-corrected chi connectivity index (χ3v) is 5.89. The van der Waals surface area contributed by atoms with E-state index < -0.39 is 0 Å². The van der Waals surface area contributed by atoms with Gasteiger partial charge in [0.2, 0.25) is 0 Å². The molecule has 3 aromatic carbocycles. The SMILES string of the molecule is COc1ccc2cc(-c3ncc(-c4ccc(C)cc4)n3C3CCCCO3)ccc2c1. The van der Waals surface area contributed by atoms with Crippen LogP contribution in [0.5, 0.6) is 5.75 Å².